The molecule has 4 aliphatic rings. The van der Waals surface area contributed by atoms with Gasteiger partial charge in [0.05, 0.1) is 0 Å². The number of fused-ring (bicyclic) bond motifs is 5. The van der Waals surface area contributed by atoms with Gasteiger partial charge in [0, 0.05) is 18.3 Å². The van der Waals surface area contributed by atoms with Gasteiger partial charge in [-0.05, 0) is 67.8 Å². The lowest BCUT2D eigenvalue weighted by molar-refractivity contribution is -0.133. The maximum Gasteiger partial charge on any atom is 0.155 e. The summed E-state index contributed by atoms with van der Waals surface area (Å²) in [6.45, 7) is 4.61. The summed E-state index contributed by atoms with van der Waals surface area (Å²) in [6, 6.07) is 0. The Kier molecular flexibility index (Phi) is 2.96. The molecule has 0 spiro atoms. The number of hydrogen-bond donors (Lipinski definition) is 0. The summed E-state index contributed by atoms with van der Waals surface area (Å²) in [5, 5.41) is 0. The SMILES string of the molecule is C[C@H]1C[C@]2(C)C(=O)CC[C@H]2[C@@H]2CCC3=CC(=O)CC[C@@H]3[C@H]21. The number of Topliss-reactive ketones (excluding diaryl/α,β-unsaturated/α-hetero) is 1. The van der Waals surface area contributed by atoms with Crippen molar-refractivity contribution < 1.29 is 9.59 Å². The minimum absolute atomic E-state index is 0.0354. The predicted molar refractivity (Wildman–Crippen MR) is 81.6 cm³/mol. The Morgan fingerprint density at radius 3 is 2.71 bits per heavy atom. The zero-order valence-electron chi connectivity index (χ0n) is 13.2. The van der Waals surface area contributed by atoms with Gasteiger partial charge in [0.25, 0.3) is 0 Å². The quantitative estimate of drug-likeness (QED) is 0.676. The fraction of sp³-hybridized carbons (Fsp3) is 0.789. The molecule has 0 aromatic rings. The van der Waals surface area contributed by atoms with E-state index in [1.165, 1.54) is 12.0 Å². The second kappa shape index (κ2) is 4.54. The molecule has 0 bridgehead atoms. The van der Waals surface area contributed by atoms with Crippen molar-refractivity contribution in [2.24, 2.45) is 35.0 Å². The number of rotatable bonds is 0. The third-order valence-electron chi connectivity index (χ3n) is 7.31. The van der Waals surface area contributed by atoms with Crippen molar-refractivity contribution in [3.8, 4) is 0 Å². The van der Waals surface area contributed by atoms with E-state index in [1.807, 2.05) is 6.08 Å². The van der Waals surface area contributed by atoms with Gasteiger partial charge in [-0.2, -0.15) is 0 Å². The molecule has 0 N–H and O–H groups in total. The second-order valence-electron chi connectivity index (χ2n) is 8.28. The first-order chi connectivity index (χ1) is 10.0. The third kappa shape index (κ3) is 1.83. The van der Waals surface area contributed by atoms with Gasteiger partial charge < -0.3 is 0 Å². The van der Waals surface area contributed by atoms with Gasteiger partial charge in [0.2, 0.25) is 0 Å². The molecular weight excluding hydrogens is 260 g/mol. The molecule has 3 saturated carbocycles. The lowest BCUT2D eigenvalue weighted by atomic mass is 9.49. The van der Waals surface area contributed by atoms with E-state index in [1.54, 1.807) is 0 Å². The van der Waals surface area contributed by atoms with Gasteiger partial charge >= 0.3 is 0 Å². The molecule has 0 aromatic carbocycles. The van der Waals surface area contributed by atoms with Crippen LogP contribution in [0.15, 0.2) is 11.6 Å². The molecule has 0 heterocycles. The van der Waals surface area contributed by atoms with Crippen molar-refractivity contribution in [1.82, 2.24) is 0 Å². The average Bonchev–Trinajstić information content (AvgIpc) is 2.74. The molecule has 0 radical (unpaired) electrons. The van der Waals surface area contributed by atoms with E-state index in [0.29, 0.717) is 29.3 Å². The summed E-state index contributed by atoms with van der Waals surface area (Å²) in [5.41, 5.74) is 1.40. The smallest absolute Gasteiger partial charge is 0.155 e. The Morgan fingerprint density at radius 1 is 1.10 bits per heavy atom. The van der Waals surface area contributed by atoms with E-state index in [4.69, 9.17) is 0 Å². The normalized spacial score (nSPS) is 49.2. The standard InChI is InChI=1S/C19H26O2/c1-11-10-19(2)16(7-8-17(19)21)15-5-3-12-9-13(20)4-6-14(12)18(11)15/h9,11,14-16,18H,3-8,10H2,1-2H3/t11-,14-,15-,16-,18+,19-/m0/s1. The summed E-state index contributed by atoms with van der Waals surface area (Å²) in [4.78, 5) is 24.1. The van der Waals surface area contributed by atoms with Crippen molar-refractivity contribution >= 4 is 11.6 Å². The van der Waals surface area contributed by atoms with Crippen molar-refractivity contribution in [2.45, 2.75) is 58.8 Å². The first kappa shape index (κ1) is 13.7. The average molecular weight is 286 g/mol. The van der Waals surface area contributed by atoms with Crippen molar-refractivity contribution in [3.05, 3.63) is 11.6 Å². The first-order valence-corrected chi connectivity index (χ1v) is 8.77. The van der Waals surface area contributed by atoms with E-state index >= 15 is 0 Å². The lowest BCUT2D eigenvalue weighted by Gasteiger charge is -2.55. The van der Waals surface area contributed by atoms with Crippen LogP contribution in [-0.4, -0.2) is 11.6 Å². The second-order valence-corrected chi connectivity index (χ2v) is 8.28. The zero-order chi connectivity index (χ0) is 14.8. The summed E-state index contributed by atoms with van der Waals surface area (Å²) in [7, 11) is 0. The van der Waals surface area contributed by atoms with E-state index in [-0.39, 0.29) is 5.41 Å². The maximum absolute atomic E-state index is 12.4. The highest BCUT2D eigenvalue weighted by atomic mass is 16.1. The highest BCUT2D eigenvalue weighted by Crippen LogP contribution is 2.62. The van der Waals surface area contributed by atoms with Gasteiger partial charge in [-0.1, -0.05) is 19.4 Å². The van der Waals surface area contributed by atoms with Gasteiger partial charge in [-0.25, -0.2) is 0 Å². The highest BCUT2D eigenvalue weighted by Gasteiger charge is 2.58. The van der Waals surface area contributed by atoms with Gasteiger partial charge in [0.1, 0.15) is 5.78 Å². The van der Waals surface area contributed by atoms with Crippen LogP contribution in [0.4, 0.5) is 0 Å². The summed E-state index contributed by atoms with van der Waals surface area (Å²) in [5.74, 6) is 4.19. The third-order valence-corrected chi connectivity index (χ3v) is 7.31. The van der Waals surface area contributed by atoms with Crippen LogP contribution >= 0.6 is 0 Å². The summed E-state index contributed by atoms with van der Waals surface area (Å²) >= 11 is 0. The van der Waals surface area contributed by atoms with Crippen molar-refractivity contribution in [3.63, 3.8) is 0 Å². The van der Waals surface area contributed by atoms with Crippen LogP contribution < -0.4 is 0 Å². The van der Waals surface area contributed by atoms with Gasteiger partial charge in [-0.15, -0.1) is 0 Å². The number of carbonyl (C=O) groups is 2. The first-order valence-electron chi connectivity index (χ1n) is 8.77. The zero-order valence-corrected chi connectivity index (χ0v) is 13.2. The maximum atomic E-state index is 12.4. The van der Waals surface area contributed by atoms with Crippen molar-refractivity contribution in [1.29, 1.82) is 0 Å². The number of hydrogen-bond acceptors (Lipinski definition) is 2. The molecule has 114 valence electrons. The molecule has 2 heteroatoms. The lowest BCUT2D eigenvalue weighted by Crippen LogP contribution is -2.50. The molecule has 0 saturated heterocycles. The fourth-order valence-electron chi connectivity index (χ4n) is 6.53. The van der Waals surface area contributed by atoms with E-state index in [0.717, 1.165) is 50.4 Å². The highest BCUT2D eigenvalue weighted by molar-refractivity contribution is 5.91. The molecule has 2 nitrogen and oxygen atoms in total. The van der Waals surface area contributed by atoms with Gasteiger partial charge in [0.15, 0.2) is 5.78 Å². The minimum atomic E-state index is -0.0354. The molecule has 3 fully saturated rings. The van der Waals surface area contributed by atoms with Crippen LogP contribution in [0.25, 0.3) is 0 Å². The molecule has 6 atom stereocenters. The van der Waals surface area contributed by atoms with Crippen LogP contribution in [0.3, 0.4) is 0 Å². The number of carbonyl (C=O) groups excluding carboxylic acids is 2. The molecule has 0 aliphatic heterocycles. The molecule has 0 aromatic heterocycles. The van der Waals surface area contributed by atoms with Crippen LogP contribution in [0.2, 0.25) is 0 Å². The predicted octanol–water partition coefficient (Wildman–Crippen LogP) is 3.94. The number of ketones is 2. The Labute approximate surface area is 127 Å². The van der Waals surface area contributed by atoms with E-state index in [2.05, 4.69) is 13.8 Å². The van der Waals surface area contributed by atoms with Crippen LogP contribution in [0, 0.1) is 35.0 Å². The fourth-order valence-corrected chi connectivity index (χ4v) is 6.53. The Bertz CT molecular complexity index is 532. The Balaban J connectivity index is 1.70. The number of allylic oxidation sites excluding steroid dienone is 1. The monoisotopic (exact) mass is 286 g/mol. The van der Waals surface area contributed by atoms with Crippen LogP contribution in [0.5, 0.6) is 0 Å². The largest absolute Gasteiger partial charge is 0.299 e. The van der Waals surface area contributed by atoms with Crippen molar-refractivity contribution in [2.75, 3.05) is 0 Å². The van der Waals surface area contributed by atoms with Crippen LogP contribution in [-0.2, 0) is 9.59 Å². The molecule has 0 unspecified atom stereocenters. The minimum Gasteiger partial charge on any atom is -0.299 e. The summed E-state index contributed by atoms with van der Waals surface area (Å²) < 4.78 is 0. The Morgan fingerprint density at radius 2 is 1.90 bits per heavy atom. The molecular formula is C19H26O2. The molecule has 0 amide bonds. The van der Waals surface area contributed by atoms with E-state index in [9.17, 15) is 9.59 Å². The van der Waals surface area contributed by atoms with Gasteiger partial charge in [-0.3, -0.25) is 9.59 Å². The molecule has 4 rings (SSSR count). The Hall–Kier alpha value is -0.920. The van der Waals surface area contributed by atoms with E-state index < -0.39 is 0 Å². The topological polar surface area (TPSA) is 34.1 Å². The molecule has 21 heavy (non-hydrogen) atoms. The summed E-state index contributed by atoms with van der Waals surface area (Å²) in [6.07, 6.45) is 9.08. The van der Waals surface area contributed by atoms with Crippen LogP contribution in [0.1, 0.15) is 58.8 Å². The molecule has 4 aliphatic carbocycles.